The number of hydrogen-bond acceptors (Lipinski definition) is 60. The minimum absolute atomic E-state index is 0. The molecule has 0 spiro atoms. The van der Waals surface area contributed by atoms with Gasteiger partial charge in [0.2, 0.25) is 0 Å². The predicted octanol–water partition coefficient (Wildman–Crippen LogP) is -38.3. The SMILES string of the molecule is O.O.O.O.O.O=[Si]=O.O=[Si]=O.O=[Si]=O.O=[Si]=O.O=[Si]=O.O=[Si]=O.O=[Si]=O.O=[Si]=O.O=[Si]=O.O=[Si]=O.O=[Si]=O.O=[Si]=O.O=[Si]=O.O=[Si]=O.O=[Si]=O.O=[Si]=O.O=[Si]=O.O=[Si]=O.O=[Si]=O.O=[Si]=O.O=[Si]=O.O=[Si]=O.O=[Si]=O.O=[Si]=O.O=[Si]=O.O=[Si]=O.O=[Si]=O.O=[Si]=O.O=[Si]=O.O=[Si]=O.[Al+3].[Al+3].[Al+3].[Al+3].[Al+3].[Al+3].[K+].[K+].[Na+].[Na+].[O-2].[O-2].[O-2].[O-2].[O-2].[O-2].[O-2].[O-2].[O-2].[O-2].[O-2]. The van der Waals surface area contributed by atoms with Crippen molar-refractivity contribution in [1.29, 1.82) is 0 Å². The van der Waals surface area contributed by atoms with Gasteiger partial charge in [0.05, 0.1) is 0 Å². The molecule has 0 aromatic heterocycles. The Labute approximate surface area is 886 Å². The molecule has 0 radical (unpaired) electrons. The van der Waals surface area contributed by atoms with E-state index in [0.29, 0.717) is 0 Å². The topological polar surface area (TPSA) is 1500 Å². The average molecular weight is 2350 g/mol. The van der Waals surface area contributed by atoms with Crippen LogP contribution in [0.5, 0.6) is 0 Å². The van der Waals surface area contributed by atoms with Crippen molar-refractivity contribution >= 4 is 383 Å². The van der Waals surface area contributed by atoms with Crippen molar-refractivity contribution in [3.8, 4) is 0 Å². The normalized spacial score (nSPS) is 2.07. The van der Waals surface area contributed by atoms with E-state index in [1.165, 1.54) is 0 Å². The van der Waals surface area contributed by atoms with Crippen LogP contribution in [0.2, 0.25) is 0 Å². The third-order valence-corrected chi connectivity index (χ3v) is 0. The Morgan fingerprint density at radius 1 is 0.0776 bits per heavy atom. The second kappa shape index (κ2) is 1520. The molecule has 0 atom stereocenters. The summed E-state index contributed by atoms with van der Waals surface area (Å²) in [5.41, 5.74) is 0. The Balaban J connectivity index is -0.00000000590. The summed E-state index contributed by atoms with van der Waals surface area (Å²) >= 11 is 0. The molecule has 0 unspecified atom stereocenters. The van der Waals surface area contributed by atoms with Gasteiger partial charge < -0.3 is 87.6 Å². The molecule has 0 aliphatic carbocycles. The molecule has 608 valence electrons. The second-order valence-electron chi connectivity index (χ2n) is 2.50. The first-order valence-corrected chi connectivity index (χ1v) is 36.7. The van der Waals surface area contributed by atoms with Crippen LogP contribution in [0.1, 0.15) is 0 Å². The largest absolute Gasteiger partial charge is 3.00 e. The van der Waals surface area contributed by atoms with Gasteiger partial charge >= 0.3 is 545 Å². The van der Waals surface area contributed by atoms with Crippen molar-refractivity contribution in [1.82, 2.24) is 0 Å². The minimum atomic E-state index is -1.42. The van der Waals surface area contributed by atoms with Crippen LogP contribution in [0.4, 0.5) is 0 Å². The van der Waals surface area contributed by atoms with Crippen LogP contribution in [0.25, 0.3) is 0 Å². The van der Waals surface area contributed by atoms with Crippen LogP contribution in [0.15, 0.2) is 0 Å². The molecule has 76 nitrogen and oxygen atoms in total. The molecule has 116 heavy (non-hydrogen) atoms. The first-order valence-electron chi connectivity index (χ1n) is 12.2. The zero-order valence-electron chi connectivity index (χ0n) is 53.9. The number of rotatable bonds is 0. The van der Waals surface area contributed by atoms with E-state index in [2.05, 4.69) is 0 Å². The van der Waals surface area contributed by atoms with Crippen molar-refractivity contribution in [3.63, 3.8) is 0 Å². The first-order chi connectivity index (χ1) is 42.4. The molecule has 0 saturated heterocycles. The second-order valence-corrected chi connectivity index (χ2v) is 7.50. The zero-order chi connectivity index (χ0) is 81.2. The zero-order valence-corrected chi connectivity index (χ0v) is 101. The Bertz CT molecular complexity index is 1670. The van der Waals surface area contributed by atoms with E-state index < -0.39 is 279 Å². The maximum absolute atomic E-state index is 8.40. The number of hydrogen-bond donors (Lipinski definition) is 0. The molecule has 10 N–H and O–H groups in total. The Morgan fingerprint density at radius 3 is 0.0776 bits per heavy atom. The Morgan fingerprint density at radius 2 is 0.0776 bits per heavy atom. The van der Waals surface area contributed by atoms with Gasteiger partial charge in [-0.25, -0.2) is 0 Å². The van der Waals surface area contributed by atoms with Crippen molar-refractivity contribution in [2.45, 2.75) is 0 Å². The molecule has 0 amide bonds. The summed E-state index contributed by atoms with van der Waals surface area (Å²) in [6.45, 7) is 0. The summed E-state index contributed by atoms with van der Waals surface area (Å²) in [4.78, 5) is 0. The molecular formula is H10Al6K2Na2O76Si30. The molecular weight excluding hydrogens is 2340 g/mol. The summed E-state index contributed by atoms with van der Waals surface area (Å²) in [5.74, 6) is 0. The fourth-order valence-electron chi connectivity index (χ4n) is 0. The maximum atomic E-state index is 8.40. The standard InChI is InChI=1S/6Al.2K.2Na.30O2Si.5H2O.11O/c;;;;;;;;;;30*1-3-2;;;;;;;;;;;;;;;;/h;;;;;;;;;;;;;;;;;;;;;;;;;;;;;;;;;;;;;;;;5*1H2;;;;;;;;;;;/q6*+3;4*+1;;;;;;;;;;;;;;;;;;;;;;;;;;;;;;;;;;;;11*-2. The van der Waals surface area contributed by atoms with E-state index in [1.807, 2.05) is 0 Å². The van der Waals surface area contributed by atoms with Crippen molar-refractivity contribution in [2.24, 2.45) is 0 Å². The van der Waals surface area contributed by atoms with Crippen LogP contribution in [0.3, 0.4) is 0 Å². The van der Waals surface area contributed by atoms with Gasteiger partial charge in [0, 0.05) is 0 Å². The molecule has 0 bridgehead atoms. The minimum Gasteiger partial charge on any atom is -2.00 e. The van der Waals surface area contributed by atoms with E-state index in [4.69, 9.17) is 268 Å². The molecule has 0 rings (SSSR count). The fraction of sp³-hybridized carbons (Fsp3) is 0. The van der Waals surface area contributed by atoms with E-state index in [1.54, 1.807) is 0 Å². The van der Waals surface area contributed by atoms with Gasteiger partial charge in [0.25, 0.3) is 0 Å². The van der Waals surface area contributed by atoms with Crippen molar-refractivity contribution in [2.75, 3.05) is 0 Å². The van der Waals surface area contributed by atoms with Gasteiger partial charge in [0.15, 0.2) is 0 Å². The third-order valence-electron chi connectivity index (χ3n) is 0. The van der Waals surface area contributed by atoms with E-state index in [9.17, 15) is 0 Å². The summed E-state index contributed by atoms with van der Waals surface area (Å²) in [5, 5.41) is 0. The molecule has 0 aliphatic rings. The Hall–Kier alpha value is 2.33. The van der Waals surface area contributed by atoms with Gasteiger partial charge in [-0.05, 0) is 0 Å². The summed E-state index contributed by atoms with van der Waals surface area (Å²) in [6.07, 6.45) is 0. The van der Waals surface area contributed by atoms with Gasteiger partial charge in [-0.3, -0.25) is 268 Å². The van der Waals surface area contributed by atoms with Gasteiger partial charge in [0.1, 0.15) is 0 Å². The smallest absolute Gasteiger partial charge is 2.00 e. The first kappa shape index (κ1) is 419. The van der Waals surface area contributed by atoms with E-state index in [-0.39, 0.29) is 354 Å². The molecule has 0 aromatic carbocycles. The predicted molar refractivity (Wildman–Crippen MR) is 274 cm³/mol. The quantitative estimate of drug-likeness (QED) is 0.203. The molecule has 0 saturated carbocycles. The van der Waals surface area contributed by atoms with Crippen LogP contribution in [-0.4, -0.2) is 410 Å². The fourth-order valence-corrected chi connectivity index (χ4v) is 0. The molecule has 0 aliphatic heterocycles. The molecule has 0 fully saturated rings. The third kappa shape index (κ3) is 284000. The van der Waals surface area contributed by atoms with Crippen LogP contribution in [-0.2, 0) is 328 Å². The van der Waals surface area contributed by atoms with E-state index >= 15 is 0 Å². The van der Waals surface area contributed by atoms with Gasteiger partial charge in [-0.15, -0.1) is 0 Å². The van der Waals surface area contributed by atoms with Gasteiger partial charge in [-0.1, -0.05) is 0 Å². The van der Waals surface area contributed by atoms with Gasteiger partial charge in [-0.2, -0.15) is 0 Å². The van der Waals surface area contributed by atoms with Crippen molar-refractivity contribution in [3.05, 3.63) is 0 Å². The molecule has 116 heteroatoms. The maximum Gasteiger partial charge on any atom is 3.00 e. The van der Waals surface area contributed by atoms with E-state index in [0.717, 1.165) is 0 Å². The molecule has 0 heterocycles. The summed E-state index contributed by atoms with van der Waals surface area (Å²) < 4.78 is 504. The van der Waals surface area contributed by atoms with Crippen LogP contribution in [0, 0.1) is 0 Å². The van der Waals surface area contributed by atoms with Crippen LogP contribution < -0.4 is 162 Å². The Kier molecular flexibility index (Phi) is 5490. The van der Waals surface area contributed by atoms with Crippen LogP contribution >= 0.6 is 0 Å². The summed E-state index contributed by atoms with van der Waals surface area (Å²) in [6, 6.07) is 0. The van der Waals surface area contributed by atoms with Crippen molar-refractivity contribution < 1.29 is 517 Å². The average Bonchev–Trinajstić information content (AvgIpc) is 3.41. The molecule has 0 aromatic rings. The monoisotopic (exact) mass is 2350 g/mol. The summed E-state index contributed by atoms with van der Waals surface area (Å²) in [7, 11) is -42.5.